The van der Waals surface area contributed by atoms with E-state index in [0.29, 0.717) is 6.04 Å². The number of likely N-dealkylation sites (N-methyl/N-ethyl adjacent to an activating group) is 1. The normalized spacial score (nSPS) is 35.4. The minimum Gasteiger partial charge on any atom is -0.377 e. The largest absolute Gasteiger partial charge is 0.377 e. The molecule has 2 aliphatic carbocycles. The summed E-state index contributed by atoms with van der Waals surface area (Å²) < 4.78 is 5.84. The Morgan fingerprint density at radius 3 is 2.19 bits per heavy atom. The van der Waals surface area contributed by atoms with Crippen LogP contribution in [0.4, 0.5) is 0 Å². The molecule has 0 aromatic rings. The second kappa shape index (κ2) is 5.05. The van der Waals surface area contributed by atoms with Crippen LogP contribution in [0.15, 0.2) is 0 Å². The quantitative estimate of drug-likeness (QED) is 0.794. The summed E-state index contributed by atoms with van der Waals surface area (Å²) >= 11 is 0. The third kappa shape index (κ3) is 2.14. The van der Waals surface area contributed by atoms with Gasteiger partial charge in [-0.15, -0.1) is 0 Å². The predicted octanol–water partition coefficient (Wildman–Crippen LogP) is 2.97. The summed E-state index contributed by atoms with van der Waals surface area (Å²) in [6.45, 7) is 2.39. The highest BCUT2D eigenvalue weighted by Gasteiger charge is 2.47. The lowest BCUT2D eigenvalue weighted by molar-refractivity contribution is -0.113. The van der Waals surface area contributed by atoms with Crippen LogP contribution in [-0.2, 0) is 4.74 Å². The van der Waals surface area contributed by atoms with Gasteiger partial charge in [-0.05, 0) is 51.0 Å². The molecule has 0 heterocycles. The van der Waals surface area contributed by atoms with Gasteiger partial charge in [0.1, 0.15) is 0 Å². The van der Waals surface area contributed by atoms with Crippen molar-refractivity contribution < 1.29 is 4.74 Å². The van der Waals surface area contributed by atoms with Gasteiger partial charge in [0.2, 0.25) is 0 Å². The topological polar surface area (TPSA) is 21.3 Å². The fraction of sp³-hybridized carbons (Fsp3) is 1.00. The molecule has 2 heteroatoms. The van der Waals surface area contributed by atoms with E-state index in [1.807, 2.05) is 7.11 Å². The third-order valence-electron chi connectivity index (χ3n) is 5.02. The molecule has 0 aromatic heterocycles. The number of ether oxygens (including phenoxy) is 1. The highest BCUT2D eigenvalue weighted by Crippen LogP contribution is 2.44. The maximum Gasteiger partial charge on any atom is 0.0833 e. The third-order valence-corrected chi connectivity index (χ3v) is 5.02. The van der Waals surface area contributed by atoms with Crippen molar-refractivity contribution in [3.8, 4) is 0 Å². The second-order valence-electron chi connectivity index (χ2n) is 5.91. The molecule has 1 atom stereocenters. The number of methoxy groups -OCH3 is 1. The molecule has 0 saturated heterocycles. The van der Waals surface area contributed by atoms with Crippen molar-refractivity contribution in [2.75, 3.05) is 14.2 Å². The van der Waals surface area contributed by atoms with E-state index in [-0.39, 0.29) is 5.60 Å². The van der Waals surface area contributed by atoms with E-state index in [4.69, 9.17) is 4.74 Å². The van der Waals surface area contributed by atoms with Crippen molar-refractivity contribution in [3.63, 3.8) is 0 Å². The maximum atomic E-state index is 5.84. The molecule has 94 valence electrons. The van der Waals surface area contributed by atoms with Crippen LogP contribution < -0.4 is 5.32 Å². The summed E-state index contributed by atoms with van der Waals surface area (Å²) in [7, 11) is 4.01. The van der Waals surface area contributed by atoms with Crippen LogP contribution in [0, 0.1) is 11.8 Å². The fourth-order valence-corrected chi connectivity index (χ4v) is 3.71. The van der Waals surface area contributed by atoms with Gasteiger partial charge < -0.3 is 10.1 Å². The van der Waals surface area contributed by atoms with Crippen LogP contribution in [-0.4, -0.2) is 25.8 Å². The first kappa shape index (κ1) is 12.4. The summed E-state index contributed by atoms with van der Waals surface area (Å²) in [6, 6.07) is 0.582. The zero-order chi connectivity index (χ0) is 11.6. The van der Waals surface area contributed by atoms with Crippen LogP contribution in [0.3, 0.4) is 0 Å². The van der Waals surface area contributed by atoms with Crippen molar-refractivity contribution in [2.24, 2.45) is 11.8 Å². The van der Waals surface area contributed by atoms with Gasteiger partial charge in [0.25, 0.3) is 0 Å². The van der Waals surface area contributed by atoms with Crippen LogP contribution in [0.1, 0.15) is 51.9 Å². The van der Waals surface area contributed by atoms with Crippen molar-refractivity contribution in [1.29, 1.82) is 0 Å². The molecule has 2 nitrogen and oxygen atoms in total. The van der Waals surface area contributed by atoms with Gasteiger partial charge in [-0.1, -0.05) is 19.8 Å². The molecule has 2 aliphatic rings. The average molecular weight is 225 g/mol. The van der Waals surface area contributed by atoms with E-state index < -0.39 is 0 Å². The lowest BCUT2D eigenvalue weighted by atomic mass is 9.66. The maximum absolute atomic E-state index is 5.84. The molecule has 0 aromatic carbocycles. The van der Waals surface area contributed by atoms with Gasteiger partial charge in [0.05, 0.1) is 5.60 Å². The Balaban J connectivity index is 1.99. The Morgan fingerprint density at radius 1 is 1.19 bits per heavy atom. The van der Waals surface area contributed by atoms with Crippen molar-refractivity contribution in [3.05, 3.63) is 0 Å². The van der Waals surface area contributed by atoms with Gasteiger partial charge in [0, 0.05) is 13.2 Å². The highest BCUT2D eigenvalue weighted by molar-refractivity contribution is 5.02. The minimum atomic E-state index is 0.167. The molecular weight excluding hydrogens is 198 g/mol. The smallest absolute Gasteiger partial charge is 0.0833 e. The van der Waals surface area contributed by atoms with Crippen molar-refractivity contribution >= 4 is 0 Å². The SMILES string of the molecule is CNC(C1CCC(C)CC1)C1(OC)CCC1. The van der Waals surface area contributed by atoms with E-state index in [0.717, 1.165) is 11.8 Å². The molecule has 0 amide bonds. The number of hydrogen-bond acceptors (Lipinski definition) is 2. The first-order valence-corrected chi connectivity index (χ1v) is 6.94. The Hall–Kier alpha value is -0.0800. The molecule has 0 bridgehead atoms. The average Bonchev–Trinajstić information content (AvgIpc) is 2.25. The Morgan fingerprint density at radius 2 is 1.81 bits per heavy atom. The number of rotatable bonds is 4. The predicted molar refractivity (Wildman–Crippen MR) is 67.6 cm³/mol. The van der Waals surface area contributed by atoms with Crippen LogP contribution in [0.5, 0.6) is 0 Å². The molecule has 2 saturated carbocycles. The van der Waals surface area contributed by atoms with Gasteiger partial charge in [-0.25, -0.2) is 0 Å². The molecule has 0 spiro atoms. The van der Waals surface area contributed by atoms with Crippen LogP contribution in [0.25, 0.3) is 0 Å². The van der Waals surface area contributed by atoms with Crippen molar-refractivity contribution in [2.45, 2.75) is 63.5 Å². The number of hydrogen-bond donors (Lipinski definition) is 1. The first-order valence-electron chi connectivity index (χ1n) is 6.94. The van der Waals surface area contributed by atoms with Crippen LogP contribution in [0.2, 0.25) is 0 Å². The summed E-state index contributed by atoms with van der Waals surface area (Å²) in [6.07, 6.45) is 9.43. The molecule has 16 heavy (non-hydrogen) atoms. The molecule has 1 N–H and O–H groups in total. The summed E-state index contributed by atoms with van der Waals surface area (Å²) in [4.78, 5) is 0. The van der Waals surface area contributed by atoms with Gasteiger partial charge >= 0.3 is 0 Å². The molecule has 1 unspecified atom stereocenters. The van der Waals surface area contributed by atoms with Crippen LogP contribution >= 0.6 is 0 Å². The van der Waals surface area contributed by atoms with Gasteiger partial charge in [-0.2, -0.15) is 0 Å². The molecule has 0 radical (unpaired) electrons. The molecule has 2 fully saturated rings. The molecular formula is C14H27NO. The first-order chi connectivity index (χ1) is 7.72. The lowest BCUT2D eigenvalue weighted by Crippen LogP contribution is -2.59. The minimum absolute atomic E-state index is 0.167. The zero-order valence-corrected chi connectivity index (χ0v) is 11.1. The summed E-state index contributed by atoms with van der Waals surface area (Å²) in [5, 5.41) is 3.56. The Kier molecular flexibility index (Phi) is 3.91. The Labute approximate surface area is 100 Å². The lowest BCUT2D eigenvalue weighted by Gasteiger charge is -2.50. The van der Waals surface area contributed by atoms with E-state index >= 15 is 0 Å². The highest BCUT2D eigenvalue weighted by atomic mass is 16.5. The monoisotopic (exact) mass is 225 g/mol. The van der Waals surface area contributed by atoms with E-state index in [1.165, 1.54) is 44.9 Å². The fourth-order valence-electron chi connectivity index (χ4n) is 3.71. The molecule has 2 rings (SSSR count). The van der Waals surface area contributed by atoms with E-state index in [1.54, 1.807) is 0 Å². The molecule has 0 aliphatic heterocycles. The van der Waals surface area contributed by atoms with Crippen molar-refractivity contribution in [1.82, 2.24) is 5.32 Å². The van der Waals surface area contributed by atoms with Gasteiger partial charge in [-0.3, -0.25) is 0 Å². The summed E-state index contributed by atoms with van der Waals surface area (Å²) in [5.74, 6) is 1.77. The zero-order valence-electron chi connectivity index (χ0n) is 11.1. The van der Waals surface area contributed by atoms with E-state index in [2.05, 4.69) is 19.3 Å². The van der Waals surface area contributed by atoms with E-state index in [9.17, 15) is 0 Å². The Bertz CT molecular complexity index is 211. The second-order valence-corrected chi connectivity index (χ2v) is 5.91. The number of nitrogens with one attached hydrogen (secondary N) is 1. The summed E-state index contributed by atoms with van der Waals surface area (Å²) in [5.41, 5.74) is 0.167. The van der Waals surface area contributed by atoms with Gasteiger partial charge in [0.15, 0.2) is 0 Å². The standard InChI is InChI=1S/C14H27NO/c1-11-5-7-12(8-6-11)13(15-2)14(16-3)9-4-10-14/h11-13,15H,4-10H2,1-3H3.